The molecule has 0 aliphatic heterocycles. The molecule has 0 atom stereocenters. The molecule has 33 heavy (non-hydrogen) atoms. The number of rotatable bonds is 7. The summed E-state index contributed by atoms with van der Waals surface area (Å²) in [4.78, 5) is 4.44. The zero-order valence-electron chi connectivity index (χ0n) is 17.5. The molecule has 0 fully saturated rings. The van der Waals surface area contributed by atoms with Crippen LogP contribution in [-0.4, -0.2) is 4.98 Å². The third kappa shape index (κ3) is 5.63. The summed E-state index contributed by atoms with van der Waals surface area (Å²) in [7, 11) is 0. The molecule has 0 aliphatic rings. The van der Waals surface area contributed by atoms with Crippen molar-refractivity contribution >= 4 is 5.69 Å². The molecule has 7 heteroatoms. The van der Waals surface area contributed by atoms with Crippen molar-refractivity contribution in [1.82, 2.24) is 4.98 Å². The number of nitrogens with zero attached hydrogens (tertiary/aromatic N) is 1. The van der Waals surface area contributed by atoms with Gasteiger partial charge in [-0.25, -0.2) is 0 Å². The lowest BCUT2D eigenvalue weighted by Crippen LogP contribution is -2.09. The van der Waals surface area contributed by atoms with E-state index in [0.29, 0.717) is 23.6 Å². The van der Waals surface area contributed by atoms with E-state index in [1.807, 2.05) is 60.7 Å². The number of benzene rings is 3. The maximum absolute atomic E-state index is 13.4. The molecule has 0 saturated heterocycles. The number of hydrogen-bond donors (Lipinski definition) is 1. The van der Waals surface area contributed by atoms with Crippen LogP contribution in [0, 0.1) is 0 Å². The van der Waals surface area contributed by atoms with E-state index < -0.39 is 11.7 Å². The predicted octanol–water partition coefficient (Wildman–Crippen LogP) is 6.51. The van der Waals surface area contributed by atoms with E-state index in [2.05, 4.69) is 4.98 Å². The van der Waals surface area contributed by atoms with Crippen LogP contribution in [-0.2, 0) is 19.4 Å². The quantitative estimate of drug-likeness (QED) is 0.326. The largest absolute Gasteiger partial charge is 0.473 e. The maximum Gasteiger partial charge on any atom is 0.418 e. The summed E-state index contributed by atoms with van der Waals surface area (Å²) in [5.41, 5.74) is 6.87. The summed E-state index contributed by atoms with van der Waals surface area (Å²) in [6, 6.07) is 26.0. The number of anilines is 1. The summed E-state index contributed by atoms with van der Waals surface area (Å²) in [6.45, 7) is 0.496. The molecule has 0 saturated carbocycles. The van der Waals surface area contributed by atoms with Gasteiger partial charge in [-0.05, 0) is 34.9 Å². The van der Waals surface area contributed by atoms with Crippen LogP contribution in [0.2, 0.25) is 0 Å². The third-order valence-corrected chi connectivity index (χ3v) is 4.95. The standard InChI is InChI=1S/C26H21F3N2O2/c27-26(28,29)22-15-20(11-13-23(22)30)21-12-14-24(32-16-18-7-3-1-4-8-18)31-25(21)33-17-19-9-5-2-6-10-19/h1-15H,16-17,30H2. The van der Waals surface area contributed by atoms with Crippen LogP contribution in [0.15, 0.2) is 91.0 Å². The average molecular weight is 450 g/mol. The zero-order valence-corrected chi connectivity index (χ0v) is 17.5. The highest BCUT2D eigenvalue weighted by Gasteiger charge is 2.33. The van der Waals surface area contributed by atoms with Crippen molar-refractivity contribution < 1.29 is 22.6 Å². The van der Waals surface area contributed by atoms with Crippen molar-refractivity contribution in [2.45, 2.75) is 19.4 Å². The van der Waals surface area contributed by atoms with E-state index in [0.717, 1.165) is 17.2 Å². The van der Waals surface area contributed by atoms with E-state index in [9.17, 15) is 13.2 Å². The Labute approximate surface area is 189 Å². The molecule has 3 aromatic carbocycles. The Morgan fingerprint density at radius 3 is 1.94 bits per heavy atom. The van der Waals surface area contributed by atoms with E-state index >= 15 is 0 Å². The SMILES string of the molecule is Nc1ccc(-c2ccc(OCc3ccccc3)nc2OCc2ccccc2)cc1C(F)(F)F. The molecule has 0 amide bonds. The summed E-state index contributed by atoms with van der Waals surface area (Å²) < 4.78 is 51.9. The van der Waals surface area contributed by atoms with Crippen molar-refractivity contribution in [3.8, 4) is 22.9 Å². The minimum atomic E-state index is -4.57. The van der Waals surface area contributed by atoms with Gasteiger partial charge < -0.3 is 15.2 Å². The van der Waals surface area contributed by atoms with Gasteiger partial charge in [-0.2, -0.15) is 18.2 Å². The fourth-order valence-electron chi connectivity index (χ4n) is 3.26. The first kappa shape index (κ1) is 22.2. The normalized spacial score (nSPS) is 11.2. The number of ether oxygens (including phenoxy) is 2. The first-order valence-corrected chi connectivity index (χ1v) is 10.2. The second-order valence-corrected chi connectivity index (χ2v) is 7.35. The van der Waals surface area contributed by atoms with Crippen molar-refractivity contribution in [2.75, 3.05) is 5.73 Å². The minimum absolute atomic E-state index is 0.169. The lowest BCUT2D eigenvalue weighted by molar-refractivity contribution is -0.136. The Morgan fingerprint density at radius 2 is 1.33 bits per heavy atom. The number of nitrogens with two attached hydrogens (primary N) is 1. The van der Waals surface area contributed by atoms with E-state index in [1.165, 1.54) is 12.1 Å². The summed E-state index contributed by atoms with van der Waals surface area (Å²) in [5.74, 6) is 0.472. The van der Waals surface area contributed by atoms with Crippen LogP contribution in [0.3, 0.4) is 0 Å². The smallest absolute Gasteiger partial charge is 0.418 e. The van der Waals surface area contributed by atoms with Crippen LogP contribution in [0.5, 0.6) is 11.8 Å². The number of alkyl halides is 3. The highest BCUT2D eigenvalue weighted by Crippen LogP contribution is 2.38. The topological polar surface area (TPSA) is 57.4 Å². The molecule has 4 rings (SSSR count). The minimum Gasteiger partial charge on any atom is -0.473 e. The molecule has 2 N–H and O–H groups in total. The van der Waals surface area contributed by atoms with Crippen LogP contribution in [0.4, 0.5) is 18.9 Å². The first-order chi connectivity index (χ1) is 15.9. The van der Waals surface area contributed by atoms with Gasteiger partial charge in [-0.3, -0.25) is 0 Å². The Morgan fingerprint density at radius 1 is 0.727 bits per heavy atom. The van der Waals surface area contributed by atoms with Crippen LogP contribution in [0.25, 0.3) is 11.1 Å². The second-order valence-electron chi connectivity index (χ2n) is 7.35. The molecule has 0 unspecified atom stereocenters. The van der Waals surface area contributed by atoms with Crippen molar-refractivity contribution in [3.63, 3.8) is 0 Å². The fraction of sp³-hybridized carbons (Fsp3) is 0.115. The van der Waals surface area contributed by atoms with Gasteiger partial charge >= 0.3 is 6.18 Å². The number of nitrogen functional groups attached to an aromatic ring is 1. The van der Waals surface area contributed by atoms with Gasteiger partial charge in [-0.15, -0.1) is 0 Å². The molecule has 1 heterocycles. The number of halogens is 3. The number of hydrogen-bond acceptors (Lipinski definition) is 4. The van der Waals surface area contributed by atoms with Gasteiger partial charge in [0.1, 0.15) is 13.2 Å². The predicted molar refractivity (Wildman–Crippen MR) is 121 cm³/mol. The molecule has 168 valence electrons. The highest BCUT2D eigenvalue weighted by molar-refractivity contribution is 5.72. The number of pyridine rings is 1. The second kappa shape index (κ2) is 9.65. The highest BCUT2D eigenvalue weighted by atomic mass is 19.4. The molecular formula is C26H21F3N2O2. The fourth-order valence-corrected chi connectivity index (χ4v) is 3.26. The van der Waals surface area contributed by atoms with Gasteiger partial charge in [0.05, 0.1) is 5.56 Å². The van der Waals surface area contributed by atoms with Crippen LogP contribution in [0.1, 0.15) is 16.7 Å². The van der Waals surface area contributed by atoms with Crippen LogP contribution < -0.4 is 15.2 Å². The molecule has 0 spiro atoms. The van der Waals surface area contributed by atoms with Crippen LogP contribution >= 0.6 is 0 Å². The molecule has 4 aromatic rings. The molecule has 0 radical (unpaired) electrons. The third-order valence-electron chi connectivity index (χ3n) is 4.95. The number of aromatic nitrogens is 1. The Balaban J connectivity index is 1.66. The van der Waals surface area contributed by atoms with Gasteiger partial charge in [0, 0.05) is 17.3 Å². The maximum atomic E-state index is 13.4. The van der Waals surface area contributed by atoms with E-state index in [4.69, 9.17) is 15.2 Å². The molecule has 0 bridgehead atoms. The summed E-state index contributed by atoms with van der Waals surface area (Å²) in [5, 5.41) is 0. The van der Waals surface area contributed by atoms with E-state index in [1.54, 1.807) is 12.1 Å². The van der Waals surface area contributed by atoms with Crippen molar-refractivity contribution in [3.05, 3.63) is 108 Å². The Kier molecular flexibility index (Phi) is 6.49. The van der Waals surface area contributed by atoms with E-state index in [-0.39, 0.29) is 18.2 Å². The Hall–Kier alpha value is -4.00. The Bertz CT molecular complexity index is 1210. The molecular weight excluding hydrogens is 429 g/mol. The monoisotopic (exact) mass is 450 g/mol. The van der Waals surface area contributed by atoms with Crippen molar-refractivity contribution in [1.29, 1.82) is 0 Å². The average Bonchev–Trinajstić information content (AvgIpc) is 2.82. The summed E-state index contributed by atoms with van der Waals surface area (Å²) >= 11 is 0. The van der Waals surface area contributed by atoms with Crippen molar-refractivity contribution in [2.24, 2.45) is 0 Å². The lowest BCUT2D eigenvalue weighted by Gasteiger charge is -2.15. The first-order valence-electron chi connectivity index (χ1n) is 10.2. The van der Waals surface area contributed by atoms with Gasteiger partial charge in [0.25, 0.3) is 0 Å². The van der Waals surface area contributed by atoms with Gasteiger partial charge in [0.2, 0.25) is 11.8 Å². The molecule has 4 nitrogen and oxygen atoms in total. The summed E-state index contributed by atoms with van der Waals surface area (Å²) in [6.07, 6.45) is -4.57. The van der Waals surface area contributed by atoms with Gasteiger partial charge in [-0.1, -0.05) is 66.7 Å². The molecule has 0 aliphatic carbocycles. The van der Waals surface area contributed by atoms with Gasteiger partial charge in [0.15, 0.2) is 0 Å². The lowest BCUT2D eigenvalue weighted by atomic mass is 10.0. The molecule has 1 aromatic heterocycles. The zero-order chi connectivity index (χ0) is 23.3.